The summed E-state index contributed by atoms with van der Waals surface area (Å²) in [5.74, 6) is 0. The Morgan fingerprint density at radius 1 is 0.364 bits per heavy atom. The quantitative estimate of drug-likeness (QED) is 0.112. The first-order valence-electron chi connectivity index (χ1n) is 21.6. The van der Waals surface area contributed by atoms with Gasteiger partial charge in [0.15, 0.2) is 0 Å². The summed E-state index contributed by atoms with van der Waals surface area (Å²) in [6.07, 6.45) is 9.73. The minimum Gasteiger partial charge on any atom is -0.342 e. The van der Waals surface area contributed by atoms with Crippen molar-refractivity contribution in [3.63, 3.8) is 0 Å². The maximum absolute atomic E-state index is 5.13. The minimum atomic E-state index is 0. The van der Waals surface area contributed by atoms with Gasteiger partial charge in [0, 0.05) is 18.6 Å². The van der Waals surface area contributed by atoms with Gasteiger partial charge < -0.3 is 19.4 Å². The van der Waals surface area contributed by atoms with E-state index in [9.17, 15) is 0 Å². The largest absolute Gasteiger partial charge is 3.00 e. The maximum Gasteiger partial charge on any atom is 3.00 e. The molecule has 12 aromatic rings. The van der Waals surface area contributed by atoms with Crippen molar-refractivity contribution >= 4 is 27.3 Å². The summed E-state index contributed by atoms with van der Waals surface area (Å²) < 4.78 is 2.13. The SMILES string of the molecule is [Ir+3].[c-]1ccccc1-c1ccc(-c2ccccc2-c2cc(-c3ccccc3-c3ccc(-c4[c-]cccc4)nc3)cc(-c3ccccc3-c3cnc4c5[c-]cccc5n5cncc5c4c3)c2)cn1. The second kappa shape index (κ2) is 17.4. The van der Waals surface area contributed by atoms with E-state index in [0.29, 0.717) is 0 Å². The van der Waals surface area contributed by atoms with Gasteiger partial charge in [-0.2, -0.15) is 0 Å². The van der Waals surface area contributed by atoms with Crippen LogP contribution in [0.4, 0.5) is 0 Å². The number of pyridine rings is 4. The number of hydrogen-bond donors (Lipinski definition) is 0. The molecule has 0 saturated carbocycles. The first-order valence-corrected chi connectivity index (χ1v) is 21.6. The number of rotatable bonds is 8. The molecule has 0 amide bonds. The molecule has 5 heterocycles. The van der Waals surface area contributed by atoms with Crippen LogP contribution in [0.1, 0.15) is 0 Å². The second-order valence-electron chi connectivity index (χ2n) is 16.1. The standard InChI is InChI=1S/C60H36N5.Ir/c1-3-15-40(16-4-1)56-29-27-42(35-62-56)48-19-7-9-21-50(48)44-31-45(51-22-10-8-20-49(51)43-28-30-57(63-36-43)41-17-5-2-6-18-41)33-46(32-44)52-23-11-12-24-53(52)47-34-55-59-38-61-39-65(59)58-26-14-13-25-54(58)60(55)64-37-47;/h1-15,17,19-24,26-39H;/q-3;+3. The van der Waals surface area contributed by atoms with Crippen molar-refractivity contribution in [2.45, 2.75) is 0 Å². The third-order valence-electron chi connectivity index (χ3n) is 12.2. The van der Waals surface area contributed by atoms with Crippen LogP contribution < -0.4 is 0 Å². The van der Waals surface area contributed by atoms with Crippen LogP contribution >= 0.6 is 0 Å². The molecular weight excluding hydrogens is 983 g/mol. The van der Waals surface area contributed by atoms with Gasteiger partial charge in [-0.15, -0.1) is 101 Å². The summed E-state index contributed by atoms with van der Waals surface area (Å²) in [6, 6.07) is 75.6. The van der Waals surface area contributed by atoms with Gasteiger partial charge in [-0.05, 0) is 113 Å². The van der Waals surface area contributed by atoms with E-state index in [1.165, 1.54) is 0 Å². The van der Waals surface area contributed by atoms with E-state index < -0.39 is 0 Å². The topological polar surface area (TPSA) is 56.0 Å². The molecule has 5 aromatic heterocycles. The van der Waals surface area contributed by atoms with Crippen molar-refractivity contribution in [1.29, 1.82) is 0 Å². The van der Waals surface area contributed by atoms with Crippen LogP contribution in [-0.2, 0) is 20.1 Å². The zero-order valence-corrected chi connectivity index (χ0v) is 37.7. The molecule has 12 rings (SSSR count). The van der Waals surface area contributed by atoms with Crippen LogP contribution in [0.25, 0.3) is 117 Å². The third kappa shape index (κ3) is 7.38. The average Bonchev–Trinajstić information content (AvgIpc) is 3.90. The Morgan fingerprint density at radius 3 is 1.32 bits per heavy atom. The summed E-state index contributed by atoms with van der Waals surface area (Å²) in [6.45, 7) is 0. The normalized spacial score (nSPS) is 11.2. The summed E-state index contributed by atoms with van der Waals surface area (Å²) in [4.78, 5) is 19.5. The van der Waals surface area contributed by atoms with E-state index in [-0.39, 0.29) is 20.1 Å². The predicted octanol–water partition coefficient (Wildman–Crippen LogP) is 14.6. The van der Waals surface area contributed by atoms with Crippen LogP contribution in [-0.4, -0.2) is 24.3 Å². The number of nitrogens with zero attached hydrogens (tertiary/aromatic N) is 5. The van der Waals surface area contributed by atoms with Gasteiger partial charge in [-0.3, -0.25) is 0 Å². The smallest absolute Gasteiger partial charge is 0.342 e. The van der Waals surface area contributed by atoms with Gasteiger partial charge in [0.2, 0.25) is 0 Å². The molecule has 0 fully saturated rings. The molecule has 310 valence electrons. The van der Waals surface area contributed by atoms with Crippen molar-refractivity contribution in [2.75, 3.05) is 0 Å². The van der Waals surface area contributed by atoms with Gasteiger partial charge in [0.1, 0.15) is 0 Å². The fraction of sp³-hybridized carbons (Fsp3) is 0. The Kier molecular flexibility index (Phi) is 10.7. The molecule has 0 atom stereocenters. The zero-order chi connectivity index (χ0) is 43.1. The monoisotopic (exact) mass is 1020 g/mol. The van der Waals surface area contributed by atoms with Crippen molar-refractivity contribution in [3.8, 4) is 89.3 Å². The Bertz CT molecular complexity index is 3550. The fourth-order valence-corrected chi connectivity index (χ4v) is 9.10. The van der Waals surface area contributed by atoms with Crippen LogP contribution in [0.15, 0.2) is 219 Å². The Morgan fingerprint density at radius 2 is 0.833 bits per heavy atom. The summed E-state index contributed by atoms with van der Waals surface area (Å²) in [5, 5.41) is 1.99. The Labute approximate surface area is 396 Å². The van der Waals surface area contributed by atoms with Crippen LogP contribution in [0.3, 0.4) is 0 Å². The second-order valence-corrected chi connectivity index (χ2v) is 16.1. The van der Waals surface area contributed by atoms with Gasteiger partial charge in [-0.1, -0.05) is 103 Å². The molecule has 0 aliphatic rings. The molecule has 6 heteroatoms. The Balaban J connectivity index is 0.00000481. The number of imidazole rings is 1. The minimum absolute atomic E-state index is 0. The molecule has 5 nitrogen and oxygen atoms in total. The first kappa shape index (κ1) is 40.6. The molecule has 0 unspecified atom stereocenters. The van der Waals surface area contributed by atoms with E-state index in [1.54, 1.807) is 0 Å². The van der Waals surface area contributed by atoms with Gasteiger partial charge in [-0.25, -0.2) is 4.98 Å². The van der Waals surface area contributed by atoms with Crippen molar-refractivity contribution in [3.05, 3.63) is 237 Å². The van der Waals surface area contributed by atoms with Crippen LogP contribution in [0, 0.1) is 18.2 Å². The maximum atomic E-state index is 5.13. The van der Waals surface area contributed by atoms with Crippen LogP contribution in [0.5, 0.6) is 0 Å². The van der Waals surface area contributed by atoms with Crippen molar-refractivity contribution in [1.82, 2.24) is 24.3 Å². The van der Waals surface area contributed by atoms with E-state index in [1.807, 2.05) is 91.8 Å². The molecule has 0 aliphatic heterocycles. The number of hydrogen-bond acceptors (Lipinski definition) is 4. The summed E-state index contributed by atoms with van der Waals surface area (Å²) >= 11 is 0. The molecular formula is C60H36IrN5. The fourth-order valence-electron chi connectivity index (χ4n) is 9.10. The van der Waals surface area contributed by atoms with Crippen LogP contribution in [0.2, 0.25) is 0 Å². The predicted molar refractivity (Wildman–Crippen MR) is 264 cm³/mol. The average molecular weight is 1020 g/mol. The van der Waals surface area contributed by atoms with E-state index in [2.05, 4.69) is 155 Å². The van der Waals surface area contributed by atoms with E-state index in [0.717, 1.165) is 117 Å². The number of benzene rings is 7. The molecule has 66 heavy (non-hydrogen) atoms. The van der Waals surface area contributed by atoms with E-state index in [4.69, 9.17) is 15.0 Å². The molecule has 0 bridgehead atoms. The first-order chi connectivity index (χ1) is 32.2. The molecule has 0 spiro atoms. The van der Waals surface area contributed by atoms with Gasteiger partial charge in [0.25, 0.3) is 0 Å². The number of aromatic nitrogens is 5. The number of fused-ring (bicyclic) bond motifs is 6. The van der Waals surface area contributed by atoms with E-state index >= 15 is 0 Å². The zero-order valence-electron chi connectivity index (χ0n) is 35.4. The van der Waals surface area contributed by atoms with Gasteiger partial charge >= 0.3 is 20.1 Å². The molecule has 7 aromatic carbocycles. The summed E-state index contributed by atoms with van der Waals surface area (Å²) in [7, 11) is 0. The molecule has 0 N–H and O–H groups in total. The van der Waals surface area contributed by atoms with Gasteiger partial charge in [0.05, 0.1) is 18.0 Å². The van der Waals surface area contributed by atoms with Crippen molar-refractivity contribution < 1.29 is 20.1 Å². The summed E-state index contributed by atoms with van der Waals surface area (Å²) in [5.41, 5.74) is 19.6. The molecule has 0 aliphatic carbocycles. The molecule has 0 saturated heterocycles. The Hall–Kier alpha value is -8.15. The molecule has 0 radical (unpaired) electrons. The van der Waals surface area contributed by atoms with Crippen molar-refractivity contribution in [2.24, 2.45) is 0 Å². The third-order valence-corrected chi connectivity index (χ3v) is 12.2.